The summed E-state index contributed by atoms with van der Waals surface area (Å²) in [5.74, 6) is -0.0484. The summed E-state index contributed by atoms with van der Waals surface area (Å²) in [6.07, 6.45) is 102. The second-order valence-corrected chi connectivity index (χ2v) is 27.4. The maximum atomic E-state index is 12.5. The van der Waals surface area contributed by atoms with Gasteiger partial charge in [0.15, 0.2) is 0 Å². The van der Waals surface area contributed by atoms with Gasteiger partial charge in [-0.2, -0.15) is 0 Å². The van der Waals surface area contributed by atoms with Gasteiger partial charge in [0.25, 0.3) is 0 Å². The van der Waals surface area contributed by atoms with Crippen molar-refractivity contribution in [3.63, 3.8) is 0 Å². The molecule has 0 aromatic rings. The zero-order valence-corrected chi connectivity index (χ0v) is 59.5. The lowest BCUT2D eigenvalue weighted by Gasteiger charge is -2.20. The van der Waals surface area contributed by atoms with Crippen molar-refractivity contribution in [1.29, 1.82) is 0 Å². The van der Waals surface area contributed by atoms with Gasteiger partial charge in [0.05, 0.1) is 25.4 Å². The van der Waals surface area contributed by atoms with Crippen LogP contribution in [0.3, 0.4) is 0 Å². The molecule has 0 saturated carbocycles. The van der Waals surface area contributed by atoms with Gasteiger partial charge >= 0.3 is 5.97 Å². The fourth-order valence-electron chi connectivity index (χ4n) is 12.5. The molecule has 0 aliphatic rings. The lowest BCUT2D eigenvalue weighted by Crippen LogP contribution is -2.45. The Morgan fingerprint density at radius 1 is 0.318 bits per heavy atom. The Labute approximate surface area is 550 Å². The van der Waals surface area contributed by atoms with E-state index in [9.17, 15) is 19.8 Å². The number of rotatable bonds is 75. The largest absolute Gasteiger partial charge is 0.466 e. The molecule has 6 nitrogen and oxygen atoms in total. The summed E-state index contributed by atoms with van der Waals surface area (Å²) in [5, 5.41) is 23.3. The highest BCUT2D eigenvalue weighted by atomic mass is 16.5. The molecule has 518 valence electrons. The van der Waals surface area contributed by atoms with E-state index in [1.54, 1.807) is 6.08 Å². The van der Waals surface area contributed by atoms with Crippen LogP contribution in [0.2, 0.25) is 0 Å². The summed E-state index contributed by atoms with van der Waals surface area (Å²) in [7, 11) is 0. The highest BCUT2D eigenvalue weighted by molar-refractivity contribution is 5.76. The van der Waals surface area contributed by atoms with Crippen molar-refractivity contribution >= 4 is 11.9 Å². The Hall–Kier alpha value is -2.18. The molecule has 88 heavy (non-hydrogen) atoms. The van der Waals surface area contributed by atoms with Gasteiger partial charge in [0.1, 0.15) is 0 Å². The summed E-state index contributed by atoms with van der Waals surface area (Å²) in [6.45, 7) is 4.94. The molecule has 0 aliphatic heterocycles. The second-order valence-electron chi connectivity index (χ2n) is 27.4. The third kappa shape index (κ3) is 72.9. The molecule has 2 atom stereocenters. The zero-order valence-electron chi connectivity index (χ0n) is 59.5. The normalized spacial score (nSPS) is 12.7. The van der Waals surface area contributed by atoms with Crippen molar-refractivity contribution in [3.8, 4) is 0 Å². The van der Waals surface area contributed by atoms with Gasteiger partial charge in [0.2, 0.25) is 5.91 Å². The molecule has 0 saturated heterocycles. The number of hydrogen-bond donors (Lipinski definition) is 3. The third-order valence-electron chi connectivity index (χ3n) is 18.6. The Bertz CT molecular complexity index is 1470. The van der Waals surface area contributed by atoms with E-state index in [2.05, 4.69) is 55.6 Å². The van der Waals surface area contributed by atoms with Crippen LogP contribution in [-0.4, -0.2) is 47.4 Å². The predicted molar refractivity (Wildman–Crippen MR) is 389 cm³/mol. The minimum absolute atomic E-state index is 0.0141. The lowest BCUT2D eigenvalue weighted by molar-refractivity contribution is -0.143. The van der Waals surface area contributed by atoms with Crippen LogP contribution in [-0.2, 0) is 14.3 Å². The number of carbonyl (C=O) groups is 2. The minimum Gasteiger partial charge on any atom is -0.466 e. The summed E-state index contributed by atoms with van der Waals surface area (Å²) >= 11 is 0. The van der Waals surface area contributed by atoms with Gasteiger partial charge in [-0.15, -0.1) is 0 Å². The molecule has 0 radical (unpaired) electrons. The predicted octanol–water partition coefficient (Wildman–Crippen LogP) is 26.4. The molecule has 0 aliphatic carbocycles. The molecule has 3 N–H and O–H groups in total. The van der Waals surface area contributed by atoms with Crippen molar-refractivity contribution in [3.05, 3.63) is 48.6 Å². The SMILES string of the molecule is CCCCCCCC/C=C\CCCCCCCCCCCC(=O)OCCCCCCCCCCC/C=C\C/C=C\CCCCCCCCCCCCCCCCCCCC(=O)NC(CO)C(O)/C=C/CCCCCCCCCCCCCCCCCCC. The Kier molecular flexibility index (Phi) is 75.4. The summed E-state index contributed by atoms with van der Waals surface area (Å²) < 4.78 is 5.51. The second kappa shape index (κ2) is 77.3. The molecular weight excluding hydrogens is 1080 g/mol. The molecular formula is C82H155NO5. The van der Waals surface area contributed by atoms with E-state index in [1.165, 1.54) is 360 Å². The fraction of sp³-hybridized carbons (Fsp3) is 0.878. The van der Waals surface area contributed by atoms with Crippen LogP contribution in [0.1, 0.15) is 438 Å². The number of aliphatic hydroxyl groups is 2. The van der Waals surface area contributed by atoms with Crippen molar-refractivity contribution in [1.82, 2.24) is 5.32 Å². The summed E-state index contributed by atoms with van der Waals surface area (Å²) in [6, 6.07) is -0.628. The first-order chi connectivity index (χ1) is 43.5. The fourth-order valence-corrected chi connectivity index (χ4v) is 12.5. The Morgan fingerprint density at radius 2 is 0.568 bits per heavy atom. The van der Waals surface area contributed by atoms with Crippen LogP contribution in [0.5, 0.6) is 0 Å². The molecule has 0 spiro atoms. The van der Waals surface area contributed by atoms with Crippen LogP contribution in [0.4, 0.5) is 0 Å². The van der Waals surface area contributed by atoms with Gasteiger partial charge in [-0.05, 0) is 89.9 Å². The van der Waals surface area contributed by atoms with Gasteiger partial charge in [0, 0.05) is 12.8 Å². The average Bonchev–Trinajstić information content (AvgIpc) is 3.58. The summed E-state index contributed by atoms with van der Waals surface area (Å²) in [4.78, 5) is 24.7. The van der Waals surface area contributed by atoms with Crippen molar-refractivity contribution < 1.29 is 24.5 Å². The van der Waals surface area contributed by atoms with Crippen LogP contribution in [0.25, 0.3) is 0 Å². The number of carbonyl (C=O) groups excluding carboxylic acids is 2. The quantitative estimate of drug-likeness (QED) is 0.0320. The van der Waals surface area contributed by atoms with Crippen molar-refractivity contribution in [2.75, 3.05) is 13.2 Å². The smallest absolute Gasteiger partial charge is 0.305 e. The van der Waals surface area contributed by atoms with E-state index < -0.39 is 12.1 Å². The van der Waals surface area contributed by atoms with Gasteiger partial charge in [-0.3, -0.25) is 9.59 Å². The minimum atomic E-state index is -0.845. The maximum absolute atomic E-state index is 12.5. The van der Waals surface area contributed by atoms with Gasteiger partial charge in [-0.25, -0.2) is 0 Å². The van der Waals surface area contributed by atoms with E-state index in [4.69, 9.17) is 4.74 Å². The molecule has 0 heterocycles. The first-order valence-electron chi connectivity index (χ1n) is 39.9. The highest BCUT2D eigenvalue weighted by Gasteiger charge is 2.18. The summed E-state index contributed by atoms with van der Waals surface area (Å²) in [5.41, 5.74) is 0. The van der Waals surface area contributed by atoms with E-state index in [-0.39, 0.29) is 18.5 Å². The molecule has 2 unspecified atom stereocenters. The first kappa shape index (κ1) is 85.8. The van der Waals surface area contributed by atoms with E-state index >= 15 is 0 Å². The number of amides is 1. The average molecular weight is 1240 g/mol. The van der Waals surface area contributed by atoms with E-state index in [1.807, 2.05) is 6.08 Å². The first-order valence-corrected chi connectivity index (χ1v) is 39.9. The number of nitrogens with one attached hydrogen (secondary N) is 1. The molecule has 0 rings (SSSR count). The van der Waals surface area contributed by atoms with Gasteiger partial charge in [-0.1, -0.05) is 383 Å². The molecule has 0 aromatic carbocycles. The van der Waals surface area contributed by atoms with Crippen LogP contribution >= 0.6 is 0 Å². The zero-order chi connectivity index (χ0) is 63.5. The van der Waals surface area contributed by atoms with Crippen molar-refractivity contribution in [2.24, 2.45) is 0 Å². The van der Waals surface area contributed by atoms with E-state index in [0.717, 1.165) is 51.4 Å². The number of allylic oxidation sites excluding steroid dienone is 7. The number of hydrogen-bond acceptors (Lipinski definition) is 5. The van der Waals surface area contributed by atoms with Crippen LogP contribution in [0.15, 0.2) is 48.6 Å². The van der Waals surface area contributed by atoms with Crippen molar-refractivity contribution in [2.45, 2.75) is 450 Å². The molecule has 6 heteroatoms. The Morgan fingerprint density at radius 3 is 0.875 bits per heavy atom. The topological polar surface area (TPSA) is 95.9 Å². The number of ether oxygens (including phenoxy) is 1. The molecule has 0 fully saturated rings. The number of esters is 1. The Balaban J connectivity index is 3.39. The van der Waals surface area contributed by atoms with Crippen LogP contribution < -0.4 is 5.32 Å². The number of unbranched alkanes of at least 4 members (excludes halogenated alkanes) is 58. The number of aliphatic hydroxyl groups excluding tert-OH is 2. The molecule has 0 bridgehead atoms. The third-order valence-corrected chi connectivity index (χ3v) is 18.6. The molecule has 0 aromatic heterocycles. The van der Waals surface area contributed by atoms with Crippen LogP contribution in [0, 0.1) is 0 Å². The highest BCUT2D eigenvalue weighted by Crippen LogP contribution is 2.19. The maximum Gasteiger partial charge on any atom is 0.305 e. The molecule has 1 amide bonds. The van der Waals surface area contributed by atoms with E-state index in [0.29, 0.717) is 19.4 Å². The van der Waals surface area contributed by atoms with Gasteiger partial charge < -0.3 is 20.3 Å². The standard InChI is InChI=1S/C82H155NO5/c1-3-5-7-9-11-13-15-17-19-21-38-42-46-50-54-58-62-66-70-74-80(85)79(78-84)83-81(86)75-71-67-63-59-55-51-47-43-40-36-34-32-30-28-26-24-23-25-27-29-31-33-35-37-41-45-49-53-57-61-65-69-73-77-88-82(87)76-72-68-64-60-56-52-48-44-39-22-20-18-16-14-12-10-8-6-4-2/h18,20,27,29,33,35,70,74,79-80,84-85H,3-17,19,21-26,28,30-32,34,36-69,71-73,75-78H2,1-2H3,(H,83,86)/b20-18-,29-27-,35-33-,74-70+. The monoisotopic (exact) mass is 1230 g/mol. The lowest BCUT2D eigenvalue weighted by atomic mass is 10.0.